The molecule has 6 aliphatic heterocycles. The molecule has 6 saturated heterocycles. The van der Waals surface area contributed by atoms with Crippen molar-refractivity contribution in [1.82, 2.24) is 19.6 Å². The smallest absolute Gasteiger partial charge is 0.0731 e. The molecule has 0 aromatic rings. The lowest BCUT2D eigenvalue weighted by Gasteiger charge is -2.60. The summed E-state index contributed by atoms with van der Waals surface area (Å²) in [6.07, 6.45) is 12.6. The van der Waals surface area contributed by atoms with E-state index in [2.05, 4.69) is 75.0 Å². The van der Waals surface area contributed by atoms with Crippen molar-refractivity contribution in [3.8, 4) is 0 Å². The van der Waals surface area contributed by atoms with E-state index in [1.165, 1.54) is 84.1 Å². The zero-order valence-corrected chi connectivity index (χ0v) is 24.8. The molecule has 206 valence electrons. The Balaban J connectivity index is 0.000000132. The maximum Gasteiger partial charge on any atom is 0.0731 e. The van der Waals surface area contributed by atoms with Gasteiger partial charge in [0.15, 0.2) is 0 Å². The molecule has 35 heavy (non-hydrogen) atoms. The lowest BCUT2D eigenvalue weighted by atomic mass is 9.67. The maximum atomic E-state index is 5.51. The minimum Gasteiger partial charge on any atom is -0.372 e. The van der Waals surface area contributed by atoms with E-state index in [4.69, 9.17) is 4.74 Å². The molecule has 5 nitrogen and oxygen atoms in total. The number of nitrogens with zero attached hydrogens (tertiary/aromatic N) is 4. The molecule has 7 rings (SSSR count). The van der Waals surface area contributed by atoms with Gasteiger partial charge in [-0.25, -0.2) is 0 Å². The van der Waals surface area contributed by atoms with Crippen LogP contribution in [0.3, 0.4) is 0 Å². The molecule has 0 aromatic carbocycles. The Kier molecular flexibility index (Phi) is 11.4. The monoisotopic (exact) mass is 492 g/mol. The third-order valence-electron chi connectivity index (χ3n) is 9.34. The van der Waals surface area contributed by atoms with Crippen LogP contribution in [-0.2, 0) is 4.74 Å². The molecule has 5 heteroatoms. The molecular weight excluding hydrogens is 432 g/mol. The molecule has 6 heterocycles. The van der Waals surface area contributed by atoms with E-state index in [1.807, 2.05) is 0 Å². The van der Waals surface area contributed by atoms with Crippen molar-refractivity contribution in [2.45, 2.75) is 149 Å². The average Bonchev–Trinajstić information content (AvgIpc) is 3.20. The molecular formula is C30H60N4O. The fraction of sp³-hybridized carbons (Fsp3) is 1.00. The number of ether oxygens (including phenoxy) is 1. The molecule has 7 fully saturated rings. The highest BCUT2D eigenvalue weighted by atomic mass is 16.5. The van der Waals surface area contributed by atoms with Crippen LogP contribution in [0.2, 0.25) is 0 Å². The van der Waals surface area contributed by atoms with Gasteiger partial charge in [0.05, 0.1) is 12.2 Å². The fourth-order valence-corrected chi connectivity index (χ4v) is 6.41. The van der Waals surface area contributed by atoms with Gasteiger partial charge in [0.25, 0.3) is 0 Å². The topological polar surface area (TPSA) is 22.2 Å². The molecule has 7 aliphatic rings. The predicted octanol–water partition coefficient (Wildman–Crippen LogP) is 5.48. The number of rotatable bonds is 4. The van der Waals surface area contributed by atoms with Crippen LogP contribution in [0.15, 0.2) is 0 Å². The minimum atomic E-state index is 0.571. The first-order chi connectivity index (χ1) is 16.6. The van der Waals surface area contributed by atoms with Gasteiger partial charge in [-0.3, -0.25) is 9.80 Å². The molecule has 0 N–H and O–H groups in total. The molecule has 2 bridgehead atoms. The molecule has 2 atom stereocenters. The standard InChI is InChI=1S/C9H17N.C8H15NO.C7H15N.C6H13N/c1-8(2)10-7-6-9(10)4-3-5-9;1-6(2)9-4-7-3-8(5-9)10-7;1-7(2)8-5-3-4-6-8;1-6(2)7-4-3-5-7/h8H,3-7H2,1-2H3;6-8H,3-5H2,1-2H3;7H,3-6H2,1-2H3;6H,3-5H2,1-2H3. The molecule has 1 spiro atoms. The van der Waals surface area contributed by atoms with Gasteiger partial charge in [-0.05, 0) is 127 Å². The van der Waals surface area contributed by atoms with Crippen LogP contribution in [0.4, 0.5) is 0 Å². The maximum absolute atomic E-state index is 5.51. The summed E-state index contributed by atoms with van der Waals surface area (Å²) in [7, 11) is 0. The molecule has 2 unspecified atom stereocenters. The first-order valence-electron chi connectivity index (χ1n) is 15.3. The Hall–Kier alpha value is -0.200. The van der Waals surface area contributed by atoms with Crippen LogP contribution < -0.4 is 0 Å². The van der Waals surface area contributed by atoms with Crippen LogP contribution in [0, 0.1) is 0 Å². The van der Waals surface area contributed by atoms with Gasteiger partial charge in [-0.1, -0.05) is 0 Å². The van der Waals surface area contributed by atoms with Crippen LogP contribution in [-0.4, -0.2) is 107 Å². The quantitative estimate of drug-likeness (QED) is 0.517. The molecule has 0 radical (unpaired) electrons. The molecule has 1 aliphatic carbocycles. The Morgan fingerprint density at radius 2 is 1.00 bits per heavy atom. The van der Waals surface area contributed by atoms with Crippen LogP contribution in [0.5, 0.6) is 0 Å². The summed E-state index contributed by atoms with van der Waals surface area (Å²) in [6.45, 7) is 27.2. The van der Waals surface area contributed by atoms with E-state index in [0.29, 0.717) is 23.8 Å². The number of likely N-dealkylation sites (tertiary alicyclic amines) is 3. The van der Waals surface area contributed by atoms with Gasteiger partial charge >= 0.3 is 0 Å². The van der Waals surface area contributed by atoms with Gasteiger partial charge in [0.2, 0.25) is 0 Å². The summed E-state index contributed by atoms with van der Waals surface area (Å²) in [4.78, 5) is 10.2. The summed E-state index contributed by atoms with van der Waals surface area (Å²) >= 11 is 0. The van der Waals surface area contributed by atoms with Gasteiger partial charge in [-0.15, -0.1) is 0 Å². The fourth-order valence-electron chi connectivity index (χ4n) is 6.41. The van der Waals surface area contributed by atoms with E-state index in [0.717, 1.165) is 31.2 Å². The Bertz CT molecular complexity index is 572. The number of piperidine rings is 1. The van der Waals surface area contributed by atoms with Crippen molar-refractivity contribution < 1.29 is 4.74 Å². The molecule has 0 aromatic heterocycles. The predicted molar refractivity (Wildman–Crippen MR) is 150 cm³/mol. The largest absolute Gasteiger partial charge is 0.372 e. The van der Waals surface area contributed by atoms with Gasteiger partial charge in [-0.2, -0.15) is 0 Å². The van der Waals surface area contributed by atoms with E-state index in [1.54, 1.807) is 0 Å². The van der Waals surface area contributed by atoms with E-state index < -0.39 is 0 Å². The van der Waals surface area contributed by atoms with Crippen LogP contribution in [0.1, 0.15) is 107 Å². The SMILES string of the molecule is CC(C)N1CC2CC(C1)O2.CC(C)N1CCC1.CC(C)N1CCC12CCC2.CC(C)N1CCCC1. The lowest BCUT2D eigenvalue weighted by molar-refractivity contribution is -0.185. The summed E-state index contributed by atoms with van der Waals surface area (Å²) in [5, 5.41) is 0. The highest BCUT2D eigenvalue weighted by Gasteiger charge is 2.49. The summed E-state index contributed by atoms with van der Waals surface area (Å²) in [5.41, 5.74) is 0.716. The van der Waals surface area contributed by atoms with E-state index in [-0.39, 0.29) is 0 Å². The van der Waals surface area contributed by atoms with Crippen molar-refractivity contribution in [2.75, 3.05) is 45.8 Å². The second-order valence-corrected chi connectivity index (χ2v) is 13.1. The number of hydrogen-bond acceptors (Lipinski definition) is 5. The average molecular weight is 493 g/mol. The zero-order chi connectivity index (χ0) is 25.6. The van der Waals surface area contributed by atoms with E-state index in [9.17, 15) is 0 Å². The number of morpholine rings is 1. The normalized spacial score (nSPS) is 29.8. The Morgan fingerprint density at radius 1 is 0.543 bits per heavy atom. The van der Waals surface area contributed by atoms with E-state index >= 15 is 0 Å². The highest BCUT2D eigenvalue weighted by Crippen LogP contribution is 2.47. The Morgan fingerprint density at radius 3 is 1.17 bits per heavy atom. The number of fused-ring (bicyclic) bond motifs is 2. The van der Waals surface area contributed by atoms with Crippen LogP contribution >= 0.6 is 0 Å². The second-order valence-electron chi connectivity index (χ2n) is 13.1. The Labute approximate surface area is 218 Å². The highest BCUT2D eigenvalue weighted by molar-refractivity contribution is 5.06. The van der Waals surface area contributed by atoms with Gasteiger partial charge in [0, 0.05) is 55.8 Å². The van der Waals surface area contributed by atoms with Crippen molar-refractivity contribution in [3.63, 3.8) is 0 Å². The van der Waals surface area contributed by atoms with Crippen molar-refractivity contribution in [1.29, 1.82) is 0 Å². The third-order valence-corrected chi connectivity index (χ3v) is 9.34. The van der Waals surface area contributed by atoms with Crippen molar-refractivity contribution in [2.24, 2.45) is 0 Å². The third kappa shape index (κ3) is 8.14. The number of hydrogen-bond donors (Lipinski definition) is 0. The van der Waals surface area contributed by atoms with Gasteiger partial charge in [0.1, 0.15) is 0 Å². The summed E-state index contributed by atoms with van der Waals surface area (Å²) in [6, 6.07) is 3.05. The lowest BCUT2D eigenvalue weighted by Crippen LogP contribution is -2.65. The van der Waals surface area contributed by atoms with Crippen molar-refractivity contribution >= 4 is 0 Å². The first-order valence-corrected chi connectivity index (χ1v) is 15.3. The minimum absolute atomic E-state index is 0.571. The van der Waals surface area contributed by atoms with Gasteiger partial charge < -0.3 is 14.5 Å². The summed E-state index contributed by atoms with van der Waals surface area (Å²) < 4.78 is 5.51. The first kappa shape index (κ1) is 29.4. The molecule has 0 amide bonds. The second kappa shape index (κ2) is 13.6. The summed E-state index contributed by atoms with van der Waals surface area (Å²) in [5.74, 6) is 0. The zero-order valence-electron chi connectivity index (χ0n) is 24.8. The molecule has 1 saturated carbocycles. The van der Waals surface area contributed by atoms with Crippen molar-refractivity contribution in [3.05, 3.63) is 0 Å². The van der Waals surface area contributed by atoms with Crippen LogP contribution in [0.25, 0.3) is 0 Å².